The molecular formula is C12H16O3. The lowest BCUT2D eigenvalue weighted by Crippen LogP contribution is -2.09. The molecule has 0 aromatic heterocycles. The highest BCUT2D eigenvalue weighted by Crippen LogP contribution is 2.23. The van der Waals surface area contributed by atoms with E-state index in [-0.39, 0.29) is 5.56 Å². The van der Waals surface area contributed by atoms with Crippen LogP contribution in [0.1, 0.15) is 29.8 Å². The van der Waals surface area contributed by atoms with Crippen LogP contribution in [-0.2, 0) is 0 Å². The van der Waals surface area contributed by atoms with Gasteiger partial charge in [-0.2, -0.15) is 0 Å². The fourth-order valence-corrected chi connectivity index (χ4v) is 1.26. The maximum atomic E-state index is 10.9. The highest BCUT2D eigenvalue weighted by Gasteiger charge is 2.13. The Morgan fingerprint density at radius 3 is 2.67 bits per heavy atom. The van der Waals surface area contributed by atoms with Gasteiger partial charge in [0.2, 0.25) is 0 Å². The van der Waals surface area contributed by atoms with Crippen LogP contribution in [0.15, 0.2) is 18.2 Å². The third-order valence-corrected chi connectivity index (χ3v) is 2.00. The molecule has 0 fully saturated rings. The fourth-order valence-electron chi connectivity index (χ4n) is 1.26. The zero-order valence-corrected chi connectivity index (χ0v) is 9.28. The highest BCUT2D eigenvalue weighted by atomic mass is 16.5. The van der Waals surface area contributed by atoms with Crippen LogP contribution in [0.2, 0.25) is 0 Å². The number of ether oxygens (including phenoxy) is 1. The van der Waals surface area contributed by atoms with Gasteiger partial charge in [0.1, 0.15) is 11.3 Å². The van der Waals surface area contributed by atoms with Gasteiger partial charge in [0.25, 0.3) is 0 Å². The molecule has 0 radical (unpaired) electrons. The smallest absolute Gasteiger partial charge is 0.339 e. The normalized spacial score (nSPS) is 10.4. The molecular weight excluding hydrogens is 192 g/mol. The number of hydrogen-bond acceptors (Lipinski definition) is 2. The molecule has 0 aliphatic carbocycles. The van der Waals surface area contributed by atoms with Gasteiger partial charge in [0.15, 0.2) is 0 Å². The lowest BCUT2D eigenvalue weighted by atomic mass is 10.1. The molecule has 1 aromatic carbocycles. The van der Waals surface area contributed by atoms with Crippen molar-refractivity contribution in [3.63, 3.8) is 0 Å². The first-order valence-corrected chi connectivity index (χ1v) is 4.98. The minimum Gasteiger partial charge on any atom is -0.492 e. The van der Waals surface area contributed by atoms with Gasteiger partial charge in [0.05, 0.1) is 6.61 Å². The fraction of sp³-hybridized carbons (Fsp3) is 0.417. The Balaban J connectivity index is 2.97. The number of rotatable bonds is 4. The summed E-state index contributed by atoms with van der Waals surface area (Å²) in [7, 11) is 0. The Labute approximate surface area is 89.7 Å². The molecule has 0 amide bonds. The van der Waals surface area contributed by atoms with Gasteiger partial charge < -0.3 is 9.84 Å². The van der Waals surface area contributed by atoms with Gasteiger partial charge in [-0.1, -0.05) is 26.0 Å². The Bertz CT molecular complexity index is 356. The molecule has 1 N–H and O–H groups in total. The van der Waals surface area contributed by atoms with Crippen LogP contribution in [0.5, 0.6) is 5.75 Å². The first-order chi connectivity index (χ1) is 7.02. The number of aryl methyl sites for hydroxylation is 1. The summed E-state index contributed by atoms with van der Waals surface area (Å²) in [6, 6.07) is 5.13. The highest BCUT2D eigenvalue weighted by molar-refractivity contribution is 5.91. The zero-order chi connectivity index (χ0) is 11.4. The minimum atomic E-state index is -0.947. The summed E-state index contributed by atoms with van der Waals surface area (Å²) in [6.45, 7) is 6.44. The molecule has 0 atom stereocenters. The van der Waals surface area contributed by atoms with E-state index >= 15 is 0 Å². The van der Waals surface area contributed by atoms with Crippen molar-refractivity contribution >= 4 is 5.97 Å². The third-order valence-electron chi connectivity index (χ3n) is 2.00. The van der Waals surface area contributed by atoms with Crippen molar-refractivity contribution in [2.75, 3.05) is 6.61 Å². The summed E-state index contributed by atoms with van der Waals surface area (Å²) in [4.78, 5) is 10.9. The van der Waals surface area contributed by atoms with E-state index in [1.165, 1.54) is 0 Å². The summed E-state index contributed by atoms with van der Waals surface area (Å²) >= 11 is 0. The van der Waals surface area contributed by atoms with Gasteiger partial charge >= 0.3 is 5.97 Å². The molecule has 15 heavy (non-hydrogen) atoms. The molecule has 1 aromatic rings. The third kappa shape index (κ3) is 2.98. The molecule has 3 heteroatoms. The first-order valence-electron chi connectivity index (χ1n) is 4.98. The predicted octanol–water partition coefficient (Wildman–Crippen LogP) is 2.73. The molecule has 0 unspecified atom stereocenters. The maximum absolute atomic E-state index is 10.9. The van der Waals surface area contributed by atoms with Crippen LogP contribution < -0.4 is 4.74 Å². The van der Waals surface area contributed by atoms with Gasteiger partial charge in [0, 0.05) is 0 Å². The van der Waals surface area contributed by atoms with Crippen LogP contribution in [0.4, 0.5) is 0 Å². The molecule has 1 rings (SSSR count). The SMILES string of the molecule is Cc1cccc(C(=O)O)c1OCC(C)C. The van der Waals surface area contributed by atoms with E-state index in [1.54, 1.807) is 12.1 Å². The second-order valence-electron chi connectivity index (χ2n) is 3.96. The lowest BCUT2D eigenvalue weighted by molar-refractivity contribution is 0.0691. The molecule has 0 saturated carbocycles. The van der Waals surface area contributed by atoms with E-state index in [1.807, 2.05) is 26.8 Å². The van der Waals surface area contributed by atoms with Gasteiger partial charge in [-0.15, -0.1) is 0 Å². The maximum Gasteiger partial charge on any atom is 0.339 e. The lowest BCUT2D eigenvalue weighted by Gasteiger charge is -2.13. The second kappa shape index (κ2) is 4.82. The number of carboxylic acid groups (broad SMARTS) is 1. The second-order valence-corrected chi connectivity index (χ2v) is 3.96. The number of carboxylic acids is 1. The monoisotopic (exact) mass is 208 g/mol. The summed E-state index contributed by atoms with van der Waals surface area (Å²) in [6.07, 6.45) is 0. The molecule has 82 valence electrons. The summed E-state index contributed by atoms with van der Waals surface area (Å²) in [5.41, 5.74) is 1.09. The molecule has 0 aliphatic heterocycles. The number of aromatic carboxylic acids is 1. The van der Waals surface area contributed by atoms with E-state index in [9.17, 15) is 4.79 Å². The number of carbonyl (C=O) groups is 1. The Hall–Kier alpha value is -1.51. The molecule has 0 spiro atoms. The first kappa shape index (κ1) is 11.6. The van der Waals surface area contributed by atoms with E-state index in [4.69, 9.17) is 9.84 Å². The molecule has 3 nitrogen and oxygen atoms in total. The van der Waals surface area contributed by atoms with Crippen molar-refractivity contribution in [2.45, 2.75) is 20.8 Å². The molecule has 0 saturated heterocycles. The summed E-state index contributed by atoms with van der Waals surface area (Å²) < 4.78 is 5.51. The van der Waals surface area contributed by atoms with Crippen molar-refractivity contribution < 1.29 is 14.6 Å². The number of benzene rings is 1. The van der Waals surface area contributed by atoms with E-state index in [0.717, 1.165) is 5.56 Å². The van der Waals surface area contributed by atoms with Crippen molar-refractivity contribution in [3.05, 3.63) is 29.3 Å². The molecule has 0 bridgehead atoms. The summed E-state index contributed by atoms with van der Waals surface area (Å²) in [5, 5.41) is 8.98. The van der Waals surface area contributed by atoms with Crippen molar-refractivity contribution in [1.82, 2.24) is 0 Å². The molecule has 0 aliphatic rings. The van der Waals surface area contributed by atoms with Gasteiger partial charge in [-0.25, -0.2) is 4.79 Å². The van der Waals surface area contributed by atoms with Crippen LogP contribution in [0.25, 0.3) is 0 Å². The Kier molecular flexibility index (Phi) is 3.72. The Morgan fingerprint density at radius 1 is 1.47 bits per heavy atom. The van der Waals surface area contributed by atoms with Crippen molar-refractivity contribution in [3.8, 4) is 5.75 Å². The zero-order valence-electron chi connectivity index (χ0n) is 9.28. The minimum absolute atomic E-state index is 0.232. The number of hydrogen-bond donors (Lipinski definition) is 1. The largest absolute Gasteiger partial charge is 0.492 e. The topological polar surface area (TPSA) is 46.5 Å². The van der Waals surface area contributed by atoms with Gasteiger partial charge in [-0.3, -0.25) is 0 Å². The van der Waals surface area contributed by atoms with Crippen molar-refractivity contribution in [2.24, 2.45) is 5.92 Å². The van der Waals surface area contributed by atoms with E-state index in [2.05, 4.69) is 0 Å². The van der Waals surface area contributed by atoms with Crippen LogP contribution in [0.3, 0.4) is 0 Å². The Morgan fingerprint density at radius 2 is 2.13 bits per heavy atom. The van der Waals surface area contributed by atoms with Crippen molar-refractivity contribution in [1.29, 1.82) is 0 Å². The molecule has 0 heterocycles. The number of para-hydroxylation sites is 1. The van der Waals surface area contributed by atoms with Gasteiger partial charge in [-0.05, 0) is 24.5 Å². The van der Waals surface area contributed by atoms with Crippen LogP contribution >= 0.6 is 0 Å². The average molecular weight is 208 g/mol. The summed E-state index contributed by atoms with van der Waals surface area (Å²) in [5.74, 6) is -0.0811. The van der Waals surface area contributed by atoms with Crippen LogP contribution in [-0.4, -0.2) is 17.7 Å². The standard InChI is InChI=1S/C12H16O3/c1-8(2)7-15-11-9(3)5-4-6-10(11)12(13)14/h4-6,8H,7H2,1-3H3,(H,13,14). The van der Waals surface area contributed by atoms with E-state index < -0.39 is 5.97 Å². The average Bonchev–Trinajstić information content (AvgIpc) is 2.15. The predicted molar refractivity (Wildman–Crippen MR) is 58.5 cm³/mol. The van der Waals surface area contributed by atoms with E-state index in [0.29, 0.717) is 18.3 Å². The van der Waals surface area contributed by atoms with Crippen LogP contribution in [0, 0.1) is 12.8 Å². The quantitative estimate of drug-likeness (QED) is 0.827.